The number of esters is 1. The number of carbonyl (C=O) groups is 2. The number of amides is 1. The van der Waals surface area contributed by atoms with E-state index < -0.39 is 39.8 Å². The minimum atomic E-state index is -1.99. The van der Waals surface area contributed by atoms with Crippen molar-refractivity contribution in [3.63, 3.8) is 0 Å². The summed E-state index contributed by atoms with van der Waals surface area (Å²) < 4.78 is 21.8. The molecule has 11 nitrogen and oxygen atoms in total. The lowest BCUT2D eigenvalue weighted by molar-refractivity contribution is -0.384. The Hall–Kier alpha value is -4.97. The van der Waals surface area contributed by atoms with E-state index in [9.17, 15) is 29.6 Å². The average molecular weight is 585 g/mol. The molecule has 7 rings (SSSR count). The van der Waals surface area contributed by atoms with E-state index >= 15 is 4.39 Å². The van der Waals surface area contributed by atoms with Gasteiger partial charge in [0.2, 0.25) is 0 Å². The molecule has 0 saturated carbocycles. The second-order valence-corrected chi connectivity index (χ2v) is 11.2. The monoisotopic (exact) mass is 584 g/mol. The van der Waals surface area contributed by atoms with Gasteiger partial charge in [-0.2, -0.15) is 0 Å². The lowest BCUT2D eigenvalue weighted by Gasteiger charge is -2.31. The van der Waals surface area contributed by atoms with Crippen molar-refractivity contribution >= 4 is 28.5 Å². The van der Waals surface area contributed by atoms with Crippen LogP contribution in [0.4, 0.5) is 10.1 Å². The minimum absolute atomic E-state index is 0.00438. The van der Waals surface area contributed by atoms with Gasteiger partial charge in [0.1, 0.15) is 12.4 Å². The summed E-state index contributed by atoms with van der Waals surface area (Å²) in [7, 11) is 0. The zero-order valence-corrected chi connectivity index (χ0v) is 23.2. The number of halogens is 1. The van der Waals surface area contributed by atoms with Crippen molar-refractivity contribution in [3.05, 3.63) is 102 Å². The van der Waals surface area contributed by atoms with Gasteiger partial charge in [-0.25, -0.2) is 14.2 Å². The molecule has 2 aromatic carbocycles. The smallest absolute Gasteiger partial charge is 0.343 e. The molecule has 0 unspecified atom stereocenters. The summed E-state index contributed by atoms with van der Waals surface area (Å²) in [5.74, 6) is -1.69. The molecule has 3 aliphatic rings. The van der Waals surface area contributed by atoms with Crippen molar-refractivity contribution in [2.45, 2.75) is 57.9 Å². The number of benzene rings is 2. The highest BCUT2D eigenvalue weighted by atomic mass is 19.1. The largest absolute Gasteiger partial charge is 0.458 e. The summed E-state index contributed by atoms with van der Waals surface area (Å²) in [5, 5.41) is 26.0. The molecule has 2 N–H and O–H groups in total. The molecule has 2 aromatic heterocycles. The van der Waals surface area contributed by atoms with E-state index in [1.807, 2.05) is 0 Å². The Morgan fingerprint density at radius 2 is 1.98 bits per heavy atom. The van der Waals surface area contributed by atoms with Crippen LogP contribution in [-0.2, 0) is 34.7 Å². The standard InChI is InChI=1S/C31H25FN4O7/c1-3-31(40)20-10-24-27-18(12-35(24)29(38)19(20)13-43-30(31)39)26-22(34-28(37)15-4-6-16(7-5-15)36(41)42)9-8-17-14(2)21(32)11-23(33-27)25(17)26/h4-7,10-11,22,40H,3,8-9,12-13H2,1-2H3,(H,34,37)/t22-,31-/m0/s1. The van der Waals surface area contributed by atoms with Gasteiger partial charge in [-0.05, 0) is 61.1 Å². The quantitative estimate of drug-likeness (QED) is 0.183. The molecule has 1 amide bonds. The van der Waals surface area contributed by atoms with Crippen LogP contribution in [0.2, 0.25) is 0 Å². The predicted molar refractivity (Wildman–Crippen MR) is 151 cm³/mol. The number of hydrogen-bond donors (Lipinski definition) is 2. The molecule has 2 aliphatic heterocycles. The van der Waals surface area contributed by atoms with Gasteiger partial charge in [-0.1, -0.05) is 6.92 Å². The Morgan fingerprint density at radius 1 is 1.23 bits per heavy atom. The topological polar surface area (TPSA) is 154 Å². The van der Waals surface area contributed by atoms with E-state index in [0.29, 0.717) is 46.3 Å². The van der Waals surface area contributed by atoms with Crippen LogP contribution >= 0.6 is 0 Å². The van der Waals surface area contributed by atoms with Crippen LogP contribution in [0.3, 0.4) is 0 Å². The molecule has 12 heteroatoms. The summed E-state index contributed by atoms with van der Waals surface area (Å²) in [6, 6.07) is 7.69. The molecule has 0 fully saturated rings. The lowest BCUT2D eigenvalue weighted by atomic mass is 9.81. The highest BCUT2D eigenvalue weighted by molar-refractivity contribution is 5.97. The number of nitrogens with zero attached hydrogens (tertiary/aromatic N) is 3. The van der Waals surface area contributed by atoms with Gasteiger partial charge in [0, 0.05) is 40.3 Å². The number of non-ortho nitro benzene ring substituents is 1. The summed E-state index contributed by atoms with van der Waals surface area (Å²) in [4.78, 5) is 55.0. The van der Waals surface area contributed by atoms with Crippen LogP contribution in [0, 0.1) is 22.9 Å². The van der Waals surface area contributed by atoms with Crippen molar-refractivity contribution < 1.29 is 28.7 Å². The van der Waals surface area contributed by atoms with Gasteiger partial charge in [0.05, 0.1) is 40.0 Å². The second-order valence-electron chi connectivity index (χ2n) is 11.2. The number of aryl methyl sites for hydroxylation is 1. The number of aliphatic hydroxyl groups is 1. The Morgan fingerprint density at radius 3 is 2.67 bits per heavy atom. The van der Waals surface area contributed by atoms with E-state index in [0.717, 1.165) is 11.1 Å². The summed E-state index contributed by atoms with van der Waals surface area (Å²) in [6.07, 6.45) is 0.916. The maximum Gasteiger partial charge on any atom is 0.343 e. The van der Waals surface area contributed by atoms with Crippen LogP contribution in [0.5, 0.6) is 0 Å². The van der Waals surface area contributed by atoms with Crippen molar-refractivity contribution in [2.75, 3.05) is 0 Å². The van der Waals surface area contributed by atoms with Crippen molar-refractivity contribution in [1.82, 2.24) is 14.9 Å². The molecule has 43 heavy (non-hydrogen) atoms. The van der Waals surface area contributed by atoms with E-state index in [4.69, 9.17) is 9.72 Å². The Labute approximate surface area is 243 Å². The van der Waals surface area contributed by atoms with Crippen LogP contribution in [0.25, 0.3) is 22.3 Å². The number of aromatic nitrogens is 2. The van der Waals surface area contributed by atoms with E-state index in [-0.39, 0.29) is 42.0 Å². The van der Waals surface area contributed by atoms with Gasteiger partial charge in [0.25, 0.3) is 17.2 Å². The molecular weight excluding hydrogens is 559 g/mol. The second kappa shape index (κ2) is 9.27. The molecular formula is C31H25FN4O7. The average Bonchev–Trinajstić information content (AvgIpc) is 3.37. The first-order chi connectivity index (χ1) is 20.5. The molecule has 1 aliphatic carbocycles. The number of hydrogen-bond acceptors (Lipinski definition) is 8. The van der Waals surface area contributed by atoms with Crippen LogP contribution in [0.15, 0.2) is 41.2 Å². The van der Waals surface area contributed by atoms with Crippen LogP contribution < -0.4 is 10.9 Å². The number of pyridine rings is 2. The van der Waals surface area contributed by atoms with Crippen molar-refractivity contribution in [3.8, 4) is 11.4 Å². The number of nitro groups is 1. The number of nitrogens with one attached hydrogen (secondary N) is 1. The number of cyclic esters (lactones) is 1. The van der Waals surface area contributed by atoms with Gasteiger partial charge >= 0.3 is 5.97 Å². The molecule has 2 atom stereocenters. The molecule has 0 radical (unpaired) electrons. The first kappa shape index (κ1) is 26.9. The number of ether oxygens (including phenoxy) is 1. The SMILES string of the molecule is CC[C@@]1(O)C(=O)OCc2c1cc1n(c2=O)Cc2c-1nc1cc(F)c(C)c3c1c2[C@@H](NC(=O)c1ccc([N+](=O)[O-])cc1)CC3. The van der Waals surface area contributed by atoms with Crippen molar-refractivity contribution in [2.24, 2.45) is 0 Å². The number of carbonyl (C=O) groups excluding carboxylic acids is 2. The Bertz CT molecular complexity index is 2000. The molecule has 0 saturated heterocycles. The maximum atomic E-state index is 15.1. The fraction of sp³-hybridized carbons (Fsp3) is 0.290. The molecule has 4 aromatic rings. The number of nitro benzene ring substituents is 1. The van der Waals surface area contributed by atoms with E-state index in [1.165, 1.54) is 34.9 Å². The highest BCUT2D eigenvalue weighted by Gasteiger charge is 2.46. The fourth-order valence-electron chi connectivity index (χ4n) is 6.68. The van der Waals surface area contributed by atoms with Crippen LogP contribution in [0.1, 0.15) is 69.5 Å². The highest BCUT2D eigenvalue weighted by Crippen LogP contribution is 2.46. The third-order valence-corrected chi connectivity index (χ3v) is 9.02. The predicted octanol–water partition coefficient (Wildman–Crippen LogP) is 3.85. The zero-order valence-electron chi connectivity index (χ0n) is 23.2. The molecule has 0 spiro atoms. The third kappa shape index (κ3) is 3.75. The van der Waals surface area contributed by atoms with Crippen LogP contribution in [-0.4, -0.2) is 31.5 Å². The maximum absolute atomic E-state index is 15.1. The lowest BCUT2D eigenvalue weighted by Crippen LogP contribution is -2.44. The zero-order chi connectivity index (χ0) is 30.4. The Kier molecular flexibility index (Phi) is 5.80. The summed E-state index contributed by atoms with van der Waals surface area (Å²) in [6.45, 7) is 3.17. The molecule has 0 bridgehead atoms. The summed E-state index contributed by atoms with van der Waals surface area (Å²) >= 11 is 0. The van der Waals surface area contributed by atoms with Gasteiger partial charge in [0.15, 0.2) is 5.60 Å². The minimum Gasteiger partial charge on any atom is -0.458 e. The molecule has 218 valence electrons. The third-order valence-electron chi connectivity index (χ3n) is 9.02. The summed E-state index contributed by atoms with van der Waals surface area (Å²) in [5.41, 5.74) is 1.87. The Balaban J connectivity index is 1.41. The first-order valence-electron chi connectivity index (χ1n) is 13.9. The van der Waals surface area contributed by atoms with E-state index in [2.05, 4.69) is 5.32 Å². The fourth-order valence-corrected chi connectivity index (χ4v) is 6.68. The number of fused-ring (bicyclic) bond motifs is 5. The van der Waals surface area contributed by atoms with Gasteiger partial charge in [-0.15, -0.1) is 0 Å². The van der Waals surface area contributed by atoms with Gasteiger partial charge < -0.3 is 19.7 Å². The van der Waals surface area contributed by atoms with Crippen molar-refractivity contribution in [1.29, 1.82) is 0 Å². The molecule has 4 heterocycles. The normalized spacial score (nSPS) is 19.8. The van der Waals surface area contributed by atoms with E-state index in [1.54, 1.807) is 19.9 Å². The first-order valence-corrected chi connectivity index (χ1v) is 13.9. The van der Waals surface area contributed by atoms with Gasteiger partial charge in [-0.3, -0.25) is 19.7 Å². The number of rotatable bonds is 4.